The fourth-order valence-electron chi connectivity index (χ4n) is 6.78. The zero-order chi connectivity index (χ0) is 20.8. The molecule has 2 heterocycles. The molecule has 0 unspecified atom stereocenters. The molecule has 5 fully saturated rings. The average Bonchev–Trinajstić information content (AvgIpc) is 3.17. The summed E-state index contributed by atoms with van der Waals surface area (Å²) in [5.74, 6) is 3.40. The molecular formula is C23H31N3O3S. The van der Waals surface area contributed by atoms with Gasteiger partial charge in [0.25, 0.3) is 5.91 Å². The first kappa shape index (κ1) is 20.2. The number of thioether (sulfide) groups is 1. The van der Waals surface area contributed by atoms with Gasteiger partial charge in [-0.25, -0.2) is 4.98 Å². The number of hydrogen-bond acceptors (Lipinski definition) is 5. The summed E-state index contributed by atoms with van der Waals surface area (Å²) in [6.07, 6.45) is 9.61. The van der Waals surface area contributed by atoms with Gasteiger partial charge in [-0.2, -0.15) is 0 Å². The summed E-state index contributed by atoms with van der Waals surface area (Å²) in [7, 11) is 0. The van der Waals surface area contributed by atoms with Crippen molar-refractivity contribution in [1.82, 2.24) is 10.3 Å². The molecule has 1 aliphatic heterocycles. The number of rotatable bonds is 6. The van der Waals surface area contributed by atoms with Crippen LogP contribution in [-0.2, 0) is 4.79 Å². The quantitative estimate of drug-likeness (QED) is 0.672. The van der Waals surface area contributed by atoms with Gasteiger partial charge in [-0.3, -0.25) is 9.59 Å². The van der Waals surface area contributed by atoms with E-state index in [4.69, 9.17) is 10.1 Å². The second kappa shape index (κ2) is 8.06. The molecule has 2 N–H and O–H groups in total. The maximum atomic E-state index is 13.2. The number of carboxylic acids is 1. The number of nitrogens with one attached hydrogen (secondary N) is 1. The number of aliphatic carboxylic acids is 1. The lowest BCUT2D eigenvalue weighted by molar-refractivity contribution is -0.137. The lowest BCUT2D eigenvalue weighted by atomic mass is 9.54. The first-order valence-corrected chi connectivity index (χ1v) is 12.5. The highest BCUT2D eigenvalue weighted by atomic mass is 32.2. The van der Waals surface area contributed by atoms with Crippen molar-refractivity contribution in [2.75, 3.05) is 24.2 Å². The van der Waals surface area contributed by atoms with Crippen molar-refractivity contribution < 1.29 is 14.7 Å². The van der Waals surface area contributed by atoms with E-state index in [1.54, 1.807) is 0 Å². The topological polar surface area (TPSA) is 82.5 Å². The van der Waals surface area contributed by atoms with Crippen molar-refractivity contribution in [2.24, 2.45) is 29.6 Å². The molecule has 6 rings (SSSR count). The first-order chi connectivity index (χ1) is 14.5. The van der Waals surface area contributed by atoms with E-state index in [-0.39, 0.29) is 18.2 Å². The van der Waals surface area contributed by atoms with Gasteiger partial charge in [-0.15, -0.1) is 11.8 Å². The molecule has 162 valence electrons. The summed E-state index contributed by atoms with van der Waals surface area (Å²) < 4.78 is 0. The third kappa shape index (κ3) is 3.81. The van der Waals surface area contributed by atoms with E-state index in [0.717, 1.165) is 35.6 Å². The van der Waals surface area contributed by atoms with Crippen LogP contribution in [0.2, 0.25) is 0 Å². The maximum absolute atomic E-state index is 13.2. The number of carboxylic acid groups (broad SMARTS) is 1. The number of aromatic nitrogens is 1. The normalized spacial score (nSPS) is 34.4. The van der Waals surface area contributed by atoms with E-state index in [0.29, 0.717) is 30.0 Å². The van der Waals surface area contributed by atoms with Crippen LogP contribution in [0.1, 0.15) is 55.3 Å². The molecular weight excluding hydrogens is 398 g/mol. The summed E-state index contributed by atoms with van der Waals surface area (Å²) in [5, 5.41) is 13.2. The summed E-state index contributed by atoms with van der Waals surface area (Å²) >= 11 is 1.51. The number of anilines is 1. The minimum absolute atomic E-state index is 0.0149. The van der Waals surface area contributed by atoms with E-state index in [1.165, 1.54) is 43.9 Å². The van der Waals surface area contributed by atoms with Crippen LogP contribution in [0.5, 0.6) is 0 Å². The molecule has 30 heavy (non-hydrogen) atoms. The van der Waals surface area contributed by atoms with Gasteiger partial charge in [-0.05, 0) is 86.5 Å². The number of carbonyl (C=O) groups is 2. The third-order valence-electron chi connectivity index (χ3n) is 7.88. The number of pyridine rings is 1. The molecule has 1 aromatic rings. The van der Waals surface area contributed by atoms with Gasteiger partial charge < -0.3 is 15.3 Å². The van der Waals surface area contributed by atoms with Crippen molar-refractivity contribution in [3.05, 3.63) is 17.7 Å². The molecule has 0 spiro atoms. The van der Waals surface area contributed by atoms with Crippen LogP contribution in [0.15, 0.2) is 17.2 Å². The van der Waals surface area contributed by atoms with Crippen molar-refractivity contribution in [2.45, 2.75) is 56.0 Å². The SMILES string of the molecule is CSc1nc(N2CC[C@H](CC(=O)O)C2)ccc1C(=O)NC1C2CC3CC(C2)CC1C3. The van der Waals surface area contributed by atoms with Gasteiger partial charge in [0.05, 0.1) is 5.56 Å². The monoisotopic (exact) mass is 429 g/mol. The van der Waals surface area contributed by atoms with Crippen LogP contribution in [-0.4, -0.2) is 47.4 Å². The largest absolute Gasteiger partial charge is 0.481 e. The highest BCUT2D eigenvalue weighted by molar-refractivity contribution is 7.98. The Morgan fingerprint density at radius 3 is 2.50 bits per heavy atom. The highest BCUT2D eigenvalue weighted by Gasteiger charge is 2.48. The standard InChI is InChI=1S/C23H31N3O3S/c1-30-23-18(2-3-19(24-23)26-5-4-13(12-26)11-20(27)28)22(29)25-21-16-7-14-6-15(9-16)10-17(21)8-14/h2-3,13-17,21H,4-12H2,1H3,(H,25,29)(H,27,28)/t13-,14?,15?,16?,17?,21?/m1/s1. The van der Waals surface area contributed by atoms with E-state index >= 15 is 0 Å². The summed E-state index contributed by atoms with van der Waals surface area (Å²) in [4.78, 5) is 31.1. The number of nitrogens with zero attached hydrogens (tertiary/aromatic N) is 2. The minimum atomic E-state index is -0.739. The Kier molecular flexibility index (Phi) is 5.42. The van der Waals surface area contributed by atoms with Crippen LogP contribution < -0.4 is 10.2 Å². The lowest BCUT2D eigenvalue weighted by Gasteiger charge is -2.54. The van der Waals surface area contributed by atoms with Crippen LogP contribution in [0.3, 0.4) is 0 Å². The van der Waals surface area contributed by atoms with Crippen LogP contribution in [0.4, 0.5) is 5.82 Å². The fraction of sp³-hybridized carbons (Fsp3) is 0.696. The Balaban J connectivity index is 1.28. The fourth-order valence-corrected chi connectivity index (χ4v) is 7.34. The number of carbonyl (C=O) groups excluding carboxylic acids is 1. The predicted molar refractivity (Wildman–Crippen MR) is 117 cm³/mol. The van der Waals surface area contributed by atoms with Gasteiger partial charge in [0, 0.05) is 25.6 Å². The lowest BCUT2D eigenvalue weighted by Crippen LogP contribution is -2.55. The smallest absolute Gasteiger partial charge is 0.303 e. The molecule has 1 amide bonds. The molecule has 4 saturated carbocycles. The second-order valence-electron chi connectivity index (χ2n) is 9.85. The molecule has 1 atom stereocenters. The third-order valence-corrected chi connectivity index (χ3v) is 8.58. The molecule has 0 aromatic carbocycles. The van der Waals surface area contributed by atoms with Crippen LogP contribution in [0, 0.1) is 29.6 Å². The Labute approximate surface area is 182 Å². The van der Waals surface area contributed by atoms with Crippen molar-refractivity contribution in [3.63, 3.8) is 0 Å². The van der Waals surface area contributed by atoms with Gasteiger partial charge >= 0.3 is 5.97 Å². The molecule has 7 heteroatoms. The van der Waals surface area contributed by atoms with E-state index in [2.05, 4.69) is 10.2 Å². The molecule has 1 aromatic heterocycles. The van der Waals surface area contributed by atoms with E-state index in [9.17, 15) is 9.59 Å². The first-order valence-electron chi connectivity index (χ1n) is 11.3. The van der Waals surface area contributed by atoms with Gasteiger partial charge in [0.1, 0.15) is 10.8 Å². The Morgan fingerprint density at radius 1 is 1.17 bits per heavy atom. The zero-order valence-corrected chi connectivity index (χ0v) is 18.4. The van der Waals surface area contributed by atoms with E-state index < -0.39 is 5.97 Å². The molecule has 6 nitrogen and oxygen atoms in total. The zero-order valence-electron chi connectivity index (χ0n) is 17.5. The summed E-state index contributed by atoms with van der Waals surface area (Å²) in [6.45, 7) is 1.53. The molecule has 4 aliphatic carbocycles. The number of amides is 1. The van der Waals surface area contributed by atoms with Gasteiger partial charge in [-0.1, -0.05) is 0 Å². The molecule has 4 bridgehead atoms. The van der Waals surface area contributed by atoms with Crippen LogP contribution >= 0.6 is 11.8 Å². The van der Waals surface area contributed by atoms with Crippen molar-refractivity contribution in [3.8, 4) is 0 Å². The second-order valence-corrected chi connectivity index (χ2v) is 10.6. The maximum Gasteiger partial charge on any atom is 0.303 e. The number of hydrogen-bond donors (Lipinski definition) is 2. The molecule has 5 aliphatic rings. The van der Waals surface area contributed by atoms with Gasteiger partial charge in [0.15, 0.2) is 0 Å². The average molecular weight is 430 g/mol. The minimum Gasteiger partial charge on any atom is -0.481 e. The Morgan fingerprint density at radius 2 is 1.87 bits per heavy atom. The molecule has 0 radical (unpaired) electrons. The van der Waals surface area contributed by atoms with Crippen molar-refractivity contribution in [1.29, 1.82) is 0 Å². The Bertz CT molecular complexity index is 817. The Hall–Kier alpha value is -1.76. The van der Waals surface area contributed by atoms with Crippen LogP contribution in [0.25, 0.3) is 0 Å². The summed E-state index contributed by atoms with van der Waals surface area (Å²) in [6, 6.07) is 4.16. The highest BCUT2D eigenvalue weighted by Crippen LogP contribution is 2.53. The predicted octanol–water partition coefficient (Wildman–Crippen LogP) is 3.66. The molecule has 1 saturated heterocycles. The van der Waals surface area contributed by atoms with E-state index in [1.807, 2.05) is 18.4 Å². The van der Waals surface area contributed by atoms with Crippen molar-refractivity contribution >= 4 is 29.5 Å². The summed E-state index contributed by atoms with van der Waals surface area (Å²) in [5.41, 5.74) is 0.668. The van der Waals surface area contributed by atoms with Gasteiger partial charge in [0.2, 0.25) is 0 Å².